The van der Waals surface area contributed by atoms with E-state index in [9.17, 15) is 27.8 Å². The van der Waals surface area contributed by atoms with Crippen molar-refractivity contribution in [2.75, 3.05) is 26.0 Å². The van der Waals surface area contributed by atoms with Gasteiger partial charge in [0, 0.05) is 44.8 Å². The summed E-state index contributed by atoms with van der Waals surface area (Å²) in [6.45, 7) is -16.8. The van der Waals surface area contributed by atoms with Crippen molar-refractivity contribution in [3.05, 3.63) is 116 Å². The molecular formula is C37H40F4N4O2S. The van der Waals surface area contributed by atoms with E-state index in [1.807, 2.05) is 0 Å². The molecule has 0 saturated heterocycles. The lowest BCUT2D eigenvalue weighted by molar-refractivity contribution is -0.137. The van der Waals surface area contributed by atoms with Crippen molar-refractivity contribution >= 4 is 17.7 Å². The van der Waals surface area contributed by atoms with Crippen molar-refractivity contribution in [1.29, 1.82) is 0 Å². The predicted octanol–water partition coefficient (Wildman–Crippen LogP) is 7.53. The second-order valence-electron chi connectivity index (χ2n) is 10.3. The van der Waals surface area contributed by atoms with Gasteiger partial charge < -0.3 is 14.4 Å². The lowest BCUT2D eigenvalue weighted by Crippen LogP contribution is -2.40. The van der Waals surface area contributed by atoms with Gasteiger partial charge in [-0.2, -0.15) is 18.2 Å². The molecule has 1 heterocycles. The van der Waals surface area contributed by atoms with Crippen LogP contribution in [0, 0.1) is 12.7 Å². The van der Waals surface area contributed by atoms with E-state index in [-0.39, 0.29) is 46.1 Å². The minimum Gasteiger partial charge on any atom is -0.336 e. The van der Waals surface area contributed by atoms with Gasteiger partial charge in [0.15, 0.2) is 5.16 Å². The van der Waals surface area contributed by atoms with Crippen LogP contribution in [0.3, 0.4) is 0 Å². The van der Waals surface area contributed by atoms with Crippen LogP contribution in [0.4, 0.5) is 17.6 Å². The number of rotatable bonds is 13. The van der Waals surface area contributed by atoms with E-state index in [1.165, 1.54) is 12.1 Å². The Labute approximate surface area is 306 Å². The summed E-state index contributed by atoms with van der Waals surface area (Å²) in [4.78, 5) is 32.0. The summed E-state index contributed by atoms with van der Waals surface area (Å²) in [6, 6.07) is -3.93. The average molecular weight is 698 g/mol. The fourth-order valence-corrected chi connectivity index (χ4v) is 5.58. The van der Waals surface area contributed by atoms with Crippen LogP contribution in [0.2, 0.25) is 0 Å². The molecule has 0 saturated carbocycles. The van der Waals surface area contributed by atoms with Crippen LogP contribution in [0.5, 0.6) is 0 Å². The number of halogens is 4. The molecular weight excluding hydrogens is 640 g/mol. The van der Waals surface area contributed by atoms with Gasteiger partial charge in [-0.15, -0.1) is 0 Å². The number of carbonyl (C=O) groups excluding carboxylic acids is 1. The molecule has 3 aromatic carbocycles. The molecule has 4 aromatic rings. The number of amides is 1. The maximum Gasteiger partial charge on any atom is 0.416 e. The largest absolute Gasteiger partial charge is 0.416 e. The molecule has 48 heavy (non-hydrogen) atoms. The van der Waals surface area contributed by atoms with Gasteiger partial charge in [-0.1, -0.05) is 68.0 Å². The number of nitrogens with zero attached hydrogens (tertiary/aromatic N) is 4. The third-order valence-electron chi connectivity index (χ3n) is 7.16. The zero-order valence-electron chi connectivity index (χ0n) is 42.9. The number of hydrogen-bond donors (Lipinski definition) is 0. The van der Waals surface area contributed by atoms with Crippen molar-refractivity contribution in [3.63, 3.8) is 0 Å². The van der Waals surface area contributed by atoms with E-state index in [4.69, 9.17) is 17.8 Å². The highest BCUT2D eigenvalue weighted by Gasteiger charge is 2.30. The van der Waals surface area contributed by atoms with Crippen molar-refractivity contribution in [3.8, 4) is 11.1 Å². The molecule has 0 atom stereocenters. The lowest BCUT2D eigenvalue weighted by atomic mass is 9.98. The van der Waals surface area contributed by atoms with Crippen LogP contribution in [-0.2, 0) is 42.6 Å². The van der Waals surface area contributed by atoms with Gasteiger partial charge in [0.25, 0.3) is 5.56 Å². The topological polar surface area (TPSA) is 58.4 Å². The molecule has 0 radical (unpaired) electrons. The van der Waals surface area contributed by atoms with E-state index in [0.29, 0.717) is 24.0 Å². The fourth-order valence-electron chi connectivity index (χ4n) is 4.66. The van der Waals surface area contributed by atoms with E-state index >= 15 is 4.79 Å². The highest BCUT2D eigenvalue weighted by molar-refractivity contribution is 7.98. The number of benzene rings is 3. The summed E-state index contributed by atoms with van der Waals surface area (Å²) < 4.78 is 204. The Morgan fingerprint density at radius 3 is 2.38 bits per heavy atom. The number of hydrogen-bond acceptors (Lipinski definition) is 5. The second-order valence-corrected chi connectivity index (χ2v) is 11.3. The molecule has 254 valence electrons. The first-order chi connectivity index (χ1) is 29.5. The molecule has 0 fully saturated rings. The Morgan fingerprint density at radius 1 is 1.02 bits per heavy atom. The molecule has 11 heteroatoms. The Bertz CT molecular complexity index is 2550. The Kier molecular flexibility index (Phi) is 6.23. The maximum absolute atomic E-state index is 15.1. The first-order valence-electron chi connectivity index (χ1n) is 22.9. The van der Waals surface area contributed by atoms with E-state index in [2.05, 4.69) is 4.98 Å². The van der Waals surface area contributed by atoms with Crippen LogP contribution in [0.15, 0.2) is 76.5 Å². The van der Waals surface area contributed by atoms with Crippen LogP contribution in [0.1, 0.15) is 77.1 Å². The van der Waals surface area contributed by atoms with Crippen LogP contribution in [0.25, 0.3) is 11.1 Å². The Morgan fingerprint density at radius 2 is 1.71 bits per heavy atom. The van der Waals surface area contributed by atoms with Gasteiger partial charge in [0.1, 0.15) is 12.3 Å². The molecule has 0 bridgehead atoms. The molecule has 1 aliphatic carbocycles. The van der Waals surface area contributed by atoms with Crippen molar-refractivity contribution in [1.82, 2.24) is 19.4 Å². The van der Waals surface area contributed by atoms with E-state index in [0.717, 1.165) is 30.8 Å². The van der Waals surface area contributed by atoms with Crippen molar-refractivity contribution in [2.24, 2.45) is 0 Å². The molecule has 0 N–H and O–H groups in total. The molecule has 0 spiro atoms. The summed E-state index contributed by atoms with van der Waals surface area (Å²) >= 11 is 0.730. The average Bonchev–Trinajstić information content (AvgIpc) is 3.65. The normalized spacial score (nSPS) is 19.5. The number of fused-ring (bicyclic) bond motifs is 1. The first kappa shape index (κ1) is 19.3. The minimum absolute atomic E-state index is 0.00253. The predicted molar refractivity (Wildman–Crippen MR) is 181 cm³/mol. The van der Waals surface area contributed by atoms with Gasteiger partial charge in [-0.3, -0.25) is 9.59 Å². The number of likely N-dealkylation sites (N-methyl/N-ethyl adjacent to an activating group) is 1. The van der Waals surface area contributed by atoms with Crippen LogP contribution >= 0.6 is 11.8 Å². The molecule has 0 aliphatic heterocycles. The Balaban J connectivity index is 1.79. The Hall–Kier alpha value is -3.96. The summed E-state index contributed by atoms with van der Waals surface area (Å²) in [5.41, 5.74) is -5.39. The smallest absolute Gasteiger partial charge is 0.336 e. The zero-order valence-corrected chi connectivity index (χ0v) is 26.7. The molecule has 6 nitrogen and oxygen atoms in total. The quantitative estimate of drug-likeness (QED) is 0.0822. The summed E-state index contributed by atoms with van der Waals surface area (Å²) in [5.74, 6) is -2.63. The van der Waals surface area contributed by atoms with Gasteiger partial charge in [-0.05, 0) is 91.2 Å². The summed E-state index contributed by atoms with van der Waals surface area (Å²) in [5, 5.41) is -0.432. The molecule has 0 unspecified atom stereocenters. The second kappa shape index (κ2) is 15.5. The van der Waals surface area contributed by atoms with Gasteiger partial charge in [0.05, 0.1) is 20.6 Å². The third kappa shape index (κ3) is 8.54. The van der Waals surface area contributed by atoms with Crippen molar-refractivity contribution < 1.29 is 45.7 Å². The molecule has 1 aromatic heterocycles. The molecule has 5 rings (SSSR count). The highest BCUT2D eigenvalue weighted by atomic mass is 32.2. The third-order valence-corrected chi connectivity index (χ3v) is 8.17. The monoisotopic (exact) mass is 697 g/mol. The standard InChI is InChI=1S/C37H40F4N4O2S/c1-4-43(5-2)19-20-44(22-29-12-11-28(21-25(29)3)27-13-15-30(16-14-27)37(39,40)41)34(46)23-45-33-8-6-7-32(33)35(47)42-36(45)48-24-26-9-17-31(38)18-10-26/h9-18,21H,4-8,19-20,22-24H2,1-3H3/i4D2,5D2,11D,12D,13D,14D,15D,16D,19D2,20D2,21D,23D2. The maximum atomic E-state index is 15.1. The van der Waals surface area contributed by atoms with Crippen LogP contribution in [-0.4, -0.2) is 51.2 Å². The number of alkyl halides is 3. The van der Waals surface area contributed by atoms with Gasteiger partial charge >= 0.3 is 6.18 Å². The summed E-state index contributed by atoms with van der Waals surface area (Å²) in [7, 11) is 0. The lowest BCUT2D eigenvalue weighted by Gasteiger charge is -2.28. The zero-order chi connectivity index (χ0) is 49.5. The highest BCUT2D eigenvalue weighted by Crippen LogP contribution is 2.32. The van der Waals surface area contributed by atoms with Gasteiger partial charge in [0.2, 0.25) is 5.91 Å². The van der Waals surface area contributed by atoms with Crippen LogP contribution < -0.4 is 5.56 Å². The SMILES string of the molecule is [2H]c1c([2H])c(-c2c([2H])c([2H])c(C(F)(F)F)c([2H])c2[2H])c([2H])c(C)c1CN(C(=O)C([2H])([2H])n1c(SCc2ccc(F)cc2)nc(=O)c2c1CCC2)C([2H])([2H])C([2H])([2H])N(C([2H])([2H])C)C([2H])([2H])C. The van der Waals surface area contributed by atoms with E-state index in [1.54, 1.807) is 0 Å². The van der Waals surface area contributed by atoms with Gasteiger partial charge in [-0.25, -0.2) is 4.39 Å². The fraction of sp³-hybridized carbons (Fsp3) is 0.378. The molecule has 1 amide bonds. The minimum atomic E-state index is -5.37. The number of carbonyl (C=O) groups is 1. The first-order valence-corrected chi connectivity index (χ1v) is 15.4. The number of thioether (sulfide) groups is 1. The van der Waals surface area contributed by atoms with Crippen molar-refractivity contribution in [2.45, 2.75) is 70.2 Å². The summed E-state index contributed by atoms with van der Waals surface area (Å²) in [6.07, 6.45) is -5.02. The van der Waals surface area contributed by atoms with E-state index < -0.39 is 138 Å². The number of aromatic nitrogens is 2. The molecule has 1 aliphatic rings.